The van der Waals surface area contributed by atoms with Crippen molar-refractivity contribution in [2.24, 2.45) is 0 Å². The molecular formula is C38H42F3N3O4S. The molecule has 1 fully saturated rings. The van der Waals surface area contributed by atoms with Crippen molar-refractivity contribution < 1.29 is 31.5 Å². The van der Waals surface area contributed by atoms with E-state index in [2.05, 4.69) is 71.3 Å². The summed E-state index contributed by atoms with van der Waals surface area (Å²) in [7, 11) is -3.60. The topological polar surface area (TPSA) is 98.7 Å². The summed E-state index contributed by atoms with van der Waals surface area (Å²) in [5, 5.41) is 15.5. The standard InChI is InChI=1S/C36H41N3O2S.C2HF3O2/c40-42(41,26-23-31-11-5-2-6-12-31)39(29-36-13-7-8-24-38-36)28-33-16-20-35(21-17-33)34-18-14-32(15-19-34)27-37-25-22-30-9-3-1-4-10-30;3-2(4,5)1(6)7/h1-6,9-12,14-21,23,26,36-38H,7-8,13,22,24-25,27-29H2;(H,6,7)/b26-23+;. The van der Waals surface area contributed by atoms with E-state index in [1.165, 1.54) is 16.5 Å². The zero-order chi connectivity index (χ0) is 35.1. The van der Waals surface area contributed by atoms with Crippen molar-refractivity contribution in [3.8, 4) is 11.1 Å². The molecule has 7 nitrogen and oxygen atoms in total. The number of piperidine rings is 1. The molecule has 1 heterocycles. The SMILES string of the molecule is O=C(O)C(F)(F)F.O=S(=O)(/C=C/c1ccccc1)N(Cc1ccc(-c2ccc(CNCCc3ccccc3)cc2)cc1)CC1CCCCN1. The molecule has 11 heteroatoms. The Morgan fingerprint density at radius 2 is 1.41 bits per heavy atom. The number of halogens is 3. The quantitative estimate of drug-likeness (QED) is 0.128. The van der Waals surface area contributed by atoms with Crippen LogP contribution < -0.4 is 10.6 Å². The van der Waals surface area contributed by atoms with Gasteiger partial charge in [-0.1, -0.05) is 116 Å². The first-order chi connectivity index (χ1) is 23.5. The van der Waals surface area contributed by atoms with Crippen LogP contribution in [0.2, 0.25) is 0 Å². The molecular weight excluding hydrogens is 651 g/mol. The average Bonchev–Trinajstić information content (AvgIpc) is 3.11. The van der Waals surface area contributed by atoms with Crippen molar-refractivity contribution in [1.29, 1.82) is 0 Å². The van der Waals surface area contributed by atoms with Crippen molar-refractivity contribution >= 4 is 22.1 Å². The van der Waals surface area contributed by atoms with Crippen molar-refractivity contribution in [2.75, 3.05) is 19.6 Å². The summed E-state index contributed by atoms with van der Waals surface area (Å²) in [5.74, 6) is -2.76. The van der Waals surface area contributed by atoms with Crippen LogP contribution in [0.25, 0.3) is 17.2 Å². The van der Waals surface area contributed by atoms with Crippen LogP contribution in [0, 0.1) is 0 Å². The maximum absolute atomic E-state index is 13.5. The third-order valence-corrected chi connectivity index (χ3v) is 9.51. The molecule has 4 aromatic carbocycles. The smallest absolute Gasteiger partial charge is 0.475 e. The number of benzene rings is 4. The fourth-order valence-corrected chi connectivity index (χ4v) is 6.55. The van der Waals surface area contributed by atoms with E-state index < -0.39 is 22.2 Å². The normalized spacial score (nSPS) is 15.1. The third kappa shape index (κ3) is 12.9. The number of hydrogen-bond donors (Lipinski definition) is 3. The first-order valence-corrected chi connectivity index (χ1v) is 17.7. The highest BCUT2D eigenvalue weighted by Gasteiger charge is 2.38. The van der Waals surface area contributed by atoms with Gasteiger partial charge in [-0.3, -0.25) is 0 Å². The third-order valence-electron chi connectivity index (χ3n) is 8.03. The summed E-state index contributed by atoms with van der Waals surface area (Å²) in [6, 6.07) is 37.2. The molecule has 3 N–H and O–H groups in total. The van der Waals surface area contributed by atoms with E-state index in [1.807, 2.05) is 48.5 Å². The number of aliphatic carboxylic acids is 1. The van der Waals surface area contributed by atoms with Crippen LogP contribution in [-0.4, -0.2) is 55.7 Å². The predicted molar refractivity (Wildman–Crippen MR) is 188 cm³/mol. The number of nitrogens with one attached hydrogen (secondary N) is 2. The van der Waals surface area contributed by atoms with Crippen LogP contribution in [0.1, 0.15) is 41.5 Å². The molecule has 0 bridgehead atoms. The summed E-state index contributed by atoms with van der Waals surface area (Å²) in [5.41, 5.74) is 6.72. The van der Waals surface area contributed by atoms with E-state index in [-0.39, 0.29) is 6.04 Å². The Hall–Kier alpha value is -4.29. The van der Waals surface area contributed by atoms with Crippen molar-refractivity contribution in [3.05, 3.63) is 137 Å². The lowest BCUT2D eigenvalue weighted by molar-refractivity contribution is -0.192. The molecule has 5 rings (SSSR count). The first kappa shape index (κ1) is 37.5. The minimum Gasteiger partial charge on any atom is -0.475 e. The number of rotatable bonds is 13. The van der Waals surface area contributed by atoms with Crippen LogP contribution in [0.15, 0.2) is 115 Å². The Balaban J connectivity index is 0.000000698. The van der Waals surface area contributed by atoms with E-state index in [1.54, 1.807) is 10.4 Å². The van der Waals surface area contributed by atoms with Crippen LogP contribution in [-0.2, 0) is 34.3 Å². The zero-order valence-electron chi connectivity index (χ0n) is 27.1. The number of hydrogen-bond acceptors (Lipinski definition) is 5. The molecule has 1 saturated heterocycles. The minimum absolute atomic E-state index is 0.171. The second-order valence-corrected chi connectivity index (χ2v) is 13.6. The Kier molecular flexibility index (Phi) is 14.1. The second kappa shape index (κ2) is 18.5. The van der Waals surface area contributed by atoms with E-state index >= 15 is 0 Å². The summed E-state index contributed by atoms with van der Waals surface area (Å²) in [6.45, 7) is 3.52. The van der Waals surface area contributed by atoms with Crippen molar-refractivity contribution in [1.82, 2.24) is 14.9 Å². The molecule has 0 saturated carbocycles. The number of sulfonamides is 1. The molecule has 49 heavy (non-hydrogen) atoms. The second-order valence-electron chi connectivity index (χ2n) is 11.8. The largest absolute Gasteiger partial charge is 0.490 e. The Morgan fingerprint density at radius 3 is 1.96 bits per heavy atom. The summed E-state index contributed by atoms with van der Waals surface area (Å²) >= 11 is 0. The Labute approximate surface area is 286 Å². The summed E-state index contributed by atoms with van der Waals surface area (Å²) in [6.07, 6.45) is 0.881. The van der Waals surface area contributed by atoms with Gasteiger partial charge in [0.2, 0.25) is 10.0 Å². The minimum atomic E-state index is -5.08. The van der Waals surface area contributed by atoms with E-state index in [4.69, 9.17) is 9.90 Å². The van der Waals surface area contributed by atoms with Crippen LogP contribution in [0.3, 0.4) is 0 Å². The average molecular weight is 694 g/mol. The maximum Gasteiger partial charge on any atom is 0.490 e. The molecule has 1 aliphatic heterocycles. The molecule has 0 aromatic heterocycles. The van der Waals surface area contributed by atoms with Gasteiger partial charge < -0.3 is 15.7 Å². The van der Waals surface area contributed by atoms with Crippen LogP contribution in [0.4, 0.5) is 13.2 Å². The van der Waals surface area contributed by atoms with Gasteiger partial charge >= 0.3 is 12.1 Å². The van der Waals surface area contributed by atoms with Gasteiger partial charge in [-0.25, -0.2) is 13.2 Å². The molecule has 0 amide bonds. The van der Waals surface area contributed by atoms with Gasteiger partial charge in [0.25, 0.3) is 0 Å². The number of carboxylic acid groups (broad SMARTS) is 1. The van der Waals surface area contributed by atoms with Crippen molar-refractivity contribution in [2.45, 2.75) is 51.0 Å². The molecule has 1 unspecified atom stereocenters. The number of carbonyl (C=O) groups is 1. The Morgan fingerprint density at radius 1 is 0.837 bits per heavy atom. The van der Waals surface area contributed by atoms with E-state index in [0.717, 1.165) is 67.6 Å². The summed E-state index contributed by atoms with van der Waals surface area (Å²) < 4.78 is 60.3. The fraction of sp³-hybridized carbons (Fsp3) is 0.289. The lowest BCUT2D eigenvalue weighted by Gasteiger charge is -2.29. The molecule has 260 valence electrons. The van der Waals surface area contributed by atoms with Gasteiger partial charge in [-0.2, -0.15) is 17.5 Å². The van der Waals surface area contributed by atoms with Gasteiger partial charge in [0.05, 0.1) is 0 Å². The summed E-state index contributed by atoms with van der Waals surface area (Å²) in [4.78, 5) is 8.90. The zero-order valence-corrected chi connectivity index (χ0v) is 28.0. The van der Waals surface area contributed by atoms with Gasteiger partial charge in [-0.15, -0.1) is 0 Å². The molecule has 1 atom stereocenters. The van der Waals surface area contributed by atoms with Crippen molar-refractivity contribution in [3.63, 3.8) is 0 Å². The highest BCUT2D eigenvalue weighted by atomic mass is 32.2. The molecule has 0 radical (unpaired) electrons. The van der Waals surface area contributed by atoms with Crippen LogP contribution >= 0.6 is 0 Å². The number of nitrogens with zero attached hydrogens (tertiary/aromatic N) is 1. The molecule has 4 aromatic rings. The lowest BCUT2D eigenvalue weighted by Crippen LogP contribution is -2.45. The van der Waals surface area contributed by atoms with E-state index in [0.29, 0.717) is 13.1 Å². The highest BCUT2D eigenvalue weighted by Crippen LogP contribution is 2.23. The number of alkyl halides is 3. The van der Waals surface area contributed by atoms with Crippen LogP contribution in [0.5, 0.6) is 0 Å². The molecule has 0 aliphatic carbocycles. The highest BCUT2D eigenvalue weighted by molar-refractivity contribution is 7.92. The fourth-order valence-electron chi connectivity index (χ4n) is 5.33. The maximum atomic E-state index is 13.5. The van der Waals surface area contributed by atoms with Gasteiger partial charge in [0.1, 0.15) is 0 Å². The first-order valence-electron chi connectivity index (χ1n) is 16.2. The van der Waals surface area contributed by atoms with Gasteiger partial charge in [0.15, 0.2) is 0 Å². The molecule has 0 spiro atoms. The van der Waals surface area contributed by atoms with Gasteiger partial charge in [-0.05, 0) is 71.8 Å². The monoisotopic (exact) mass is 693 g/mol. The van der Waals surface area contributed by atoms with Gasteiger partial charge in [0, 0.05) is 31.1 Å². The predicted octanol–water partition coefficient (Wildman–Crippen LogP) is 7.26. The Bertz CT molecular complexity index is 1710. The lowest BCUT2D eigenvalue weighted by atomic mass is 10.0. The molecule has 1 aliphatic rings. The van der Waals surface area contributed by atoms with E-state index in [9.17, 15) is 21.6 Å². The number of carboxylic acids is 1.